The van der Waals surface area contributed by atoms with E-state index < -0.39 is 0 Å². The molecule has 5 aromatic rings. The second-order valence-corrected chi connectivity index (χ2v) is 11.4. The van der Waals surface area contributed by atoms with Crippen LogP contribution in [-0.4, -0.2) is 25.1 Å². The van der Waals surface area contributed by atoms with Crippen LogP contribution < -0.4 is 5.32 Å². The minimum absolute atomic E-state index is 0.0891. The highest BCUT2D eigenvalue weighted by Crippen LogP contribution is 2.34. The van der Waals surface area contributed by atoms with E-state index in [1.807, 2.05) is 48.0 Å². The van der Waals surface area contributed by atoms with Gasteiger partial charge in [0, 0.05) is 34.1 Å². The molecule has 0 aliphatic rings. The van der Waals surface area contributed by atoms with Crippen LogP contribution in [0.5, 0.6) is 0 Å². The Morgan fingerprint density at radius 2 is 1.97 bits per heavy atom. The topological polar surface area (TPSA) is 82.3 Å². The Morgan fingerprint density at radius 1 is 1.15 bits per heavy atom. The number of aromatic nitrogens is 5. The number of benzene rings is 1. The number of allylic oxidation sites excluding steroid dienone is 5. The Morgan fingerprint density at radius 3 is 2.67 bits per heavy atom. The van der Waals surface area contributed by atoms with Crippen LogP contribution in [0.15, 0.2) is 84.0 Å². The Hall–Kier alpha value is -4.30. The highest BCUT2D eigenvalue weighted by Gasteiger charge is 2.21. The first kappa shape index (κ1) is 26.3. The molecule has 3 N–H and O–H groups in total. The molecule has 198 valence electrons. The highest BCUT2D eigenvalue weighted by molar-refractivity contribution is 7.08. The molecular weight excluding hydrogens is 507 g/mol. The first-order chi connectivity index (χ1) is 18.7. The zero-order chi connectivity index (χ0) is 27.7. The minimum Gasteiger partial charge on any atom is -0.359 e. The molecule has 0 bridgehead atoms. The van der Waals surface area contributed by atoms with Crippen molar-refractivity contribution in [1.82, 2.24) is 30.5 Å². The van der Waals surface area contributed by atoms with Crippen LogP contribution in [0.25, 0.3) is 50.3 Å². The molecule has 0 spiro atoms. The largest absolute Gasteiger partial charge is 0.359 e. The Labute approximate surface area is 231 Å². The Kier molecular flexibility index (Phi) is 7.06. The normalized spacial score (nSPS) is 12.8. The second-order valence-electron chi connectivity index (χ2n) is 10.6. The quantitative estimate of drug-likeness (QED) is 0.173. The molecule has 0 aliphatic heterocycles. The standard InChI is InChI=1S/C31H31FN6S/c1-7-19(15-21(8-2)34-18(3)16-31(4,5)6)22-9-10-23-25(26(22)32)29(38-37-23)30-35-24-11-13-33-27(28(24)36-30)20-12-14-39-17-20/h7-15,17,34H,2-3,16H2,1,4-6H3,(H,35,36)(H,37,38)/b19-7+,21-15+. The van der Waals surface area contributed by atoms with Crippen LogP contribution in [0, 0.1) is 11.2 Å². The summed E-state index contributed by atoms with van der Waals surface area (Å²) in [6, 6.07) is 7.46. The van der Waals surface area contributed by atoms with Crippen molar-refractivity contribution >= 4 is 38.8 Å². The maximum atomic E-state index is 16.2. The number of H-pyrrole nitrogens is 2. The number of fused-ring (bicyclic) bond motifs is 2. The van der Waals surface area contributed by atoms with E-state index in [1.54, 1.807) is 29.7 Å². The molecule has 0 saturated carbocycles. The zero-order valence-corrected chi connectivity index (χ0v) is 23.3. The van der Waals surface area contributed by atoms with Crippen molar-refractivity contribution in [1.29, 1.82) is 0 Å². The van der Waals surface area contributed by atoms with Crippen LogP contribution in [0.4, 0.5) is 4.39 Å². The van der Waals surface area contributed by atoms with Gasteiger partial charge in [0.1, 0.15) is 17.0 Å². The maximum Gasteiger partial charge on any atom is 0.159 e. The molecule has 39 heavy (non-hydrogen) atoms. The molecule has 0 saturated heterocycles. The highest BCUT2D eigenvalue weighted by atomic mass is 32.1. The summed E-state index contributed by atoms with van der Waals surface area (Å²) in [6.45, 7) is 16.4. The average Bonchev–Trinajstić information content (AvgIpc) is 3.65. The van der Waals surface area contributed by atoms with Gasteiger partial charge in [-0.15, -0.1) is 0 Å². The van der Waals surface area contributed by atoms with E-state index in [1.165, 1.54) is 0 Å². The lowest BCUT2D eigenvalue weighted by molar-refractivity contribution is 0.403. The first-order valence-corrected chi connectivity index (χ1v) is 13.6. The lowest BCUT2D eigenvalue weighted by Crippen LogP contribution is -2.16. The van der Waals surface area contributed by atoms with Gasteiger partial charge < -0.3 is 10.3 Å². The molecule has 8 heteroatoms. The number of pyridine rings is 1. The summed E-state index contributed by atoms with van der Waals surface area (Å²) in [6.07, 6.45) is 8.00. The summed E-state index contributed by atoms with van der Waals surface area (Å²) in [5, 5.41) is 15.1. The van der Waals surface area contributed by atoms with Crippen LogP contribution >= 0.6 is 11.3 Å². The van der Waals surface area contributed by atoms with Gasteiger partial charge in [-0.25, -0.2) is 9.37 Å². The van der Waals surface area contributed by atoms with Gasteiger partial charge in [0.2, 0.25) is 0 Å². The number of rotatable bonds is 8. The molecule has 6 nitrogen and oxygen atoms in total. The number of thiophene rings is 1. The van der Waals surface area contributed by atoms with Gasteiger partial charge in [-0.3, -0.25) is 10.1 Å². The number of nitrogens with zero attached hydrogens (tertiary/aromatic N) is 3. The molecule has 1 aromatic carbocycles. The number of hydrogen-bond donors (Lipinski definition) is 3. The summed E-state index contributed by atoms with van der Waals surface area (Å²) < 4.78 is 16.2. The van der Waals surface area contributed by atoms with Crippen LogP contribution in [0.3, 0.4) is 0 Å². The SMILES string of the molecule is C=C/C(=C\C(=C/C)c1ccc2[nH]nc(-c3nc4c(-c5ccsc5)nccc4[nH]3)c2c1F)NC(=C)CC(C)(C)C. The molecule has 4 heterocycles. The van der Waals surface area contributed by atoms with Crippen molar-refractivity contribution in [2.24, 2.45) is 5.41 Å². The molecule has 0 aliphatic carbocycles. The number of hydrogen-bond acceptors (Lipinski definition) is 5. The molecule has 0 unspecified atom stereocenters. The van der Waals surface area contributed by atoms with E-state index >= 15 is 4.39 Å². The third kappa shape index (κ3) is 5.33. The van der Waals surface area contributed by atoms with Crippen molar-refractivity contribution in [3.63, 3.8) is 0 Å². The number of aromatic amines is 2. The van der Waals surface area contributed by atoms with E-state index in [0.29, 0.717) is 39.1 Å². The Balaban J connectivity index is 1.55. The summed E-state index contributed by atoms with van der Waals surface area (Å²) >= 11 is 1.60. The van der Waals surface area contributed by atoms with Crippen molar-refractivity contribution < 1.29 is 4.39 Å². The maximum absolute atomic E-state index is 16.2. The van der Waals surface area contributed by atoms with Crippen LogP contribution in [0.1, 0.15) is 39.7 Å². The van der Waals surface area contributed by atoms with Gasteiger partial charge in [-0.1, -0.05) is 40.0 Å². The molecule has 5 rings (SSSR count). The van der Waals surface area contributed by atoms with Crippen molar-refractivity contribution in [3.8, 4) is 22.8 Å². The van der Waals surface area contributed by atoms with Gasteiger partial charge in [0.15, 0.2) is 5.82 Å². The molecule has 0 radical (unpaired) electrons. The van der Waals surface area contributed by atoms with E-state index in [-0.39, 0.29) is 11.2 Å². The van der Waals surface area contributed by atoms with Crippen LogP contribution in [0.2, 0.25) is 0 Å². The minimum atomic E-state index is -0.380. The van der Waals surface area contributed by atoms with Crippen molar-refractivity contribution in [2.75, 3.05) is 0 Å². The molecule has 4 aromatic heterocycles. The predicted molar refractivity (Wildman–Crippen MR) is 161 cm³/mol. The van der Waals surface area contributed by atoms with E-state index in [9.17, 15) is 0 Å². The Bertz CT molecular complexity index is 1750. The molecule has 0 atom stereocenters. The van der Waals surface area contributed by atoms with Gasteiger partial charge in [0.05, 0.1) is 22.1 Å². The van der Waals surface area contributed by atoms with Crippen LogP contribution in [-0.2, 0) is 0 Å². The fourth-order valence-corrected chi connectivity index (χ4v) is 5.28. The number of nitrogens with one attached hydrogen (secondary N) is 3. The third-order valence-electron chi connectivity index (χ3n) is 6.30. The summed E-state index contributed by atoms with van der Waals surface area (Å²) in [5.74, 6) is 0.0930. The monoisotopic (exact) mass is 538 g/mol. The van der Waals surface area contributed by atoms with Gasteiger partial charge in [-0.05, 0) is 66.1 Å². The molecule has 0 fully saturated rings. The fraction of sp³-hybridized carbons (Fsp3) is 0.194. The van der Waals surface area contributed by atoms with E-state index in [4.69, 9.17) is 4.98 Å². The smallest absolute Gasteiger partial charge is 0.159 e. The van der Waals surface area contributed by atoms with Gasteiger partial charge in [0.25, 0.3) is 0 Å². The van der Waals surface area contributed by atoms with Gasteiger partial charge >= 0.3 is 0 Å². The number of imidazole rings is 1. The summed E-state index contributed by atoms with van der Waals surface area (Å²) in [4.78, 5) is 12.6. The fourth-order valence-electron chi connectivity index (χ4n) is 4.64. The van der Waals surface area contributed by atoms with Crippen molar-refractivity contribution in [2.45, 2.75) is 34.1 Å². The lowest BCUT2D eigenvalue weighted by Gasteiger charge is -2.21. The third-order valence-corrected chi connectivity index (χ3v) is 6.99. The van der Waals surface area contributed by atoms with E-state index in [0.717, 1.165) is 34.6 Å². The summed E-state index contributed by atoms with van der Waals surface area (Å²) in [7, 11) is 0. The molecule has 0 amide bonds. The average molecular weight is 539 g/mol. The molecular formula is C31H31FN6S. The first-order valence-electron chi connectivity index (χ1n) is 12.7. The van der Waals surface area contributed by atoms with E-state index in [2.05, 4.69) is 59.4 Å². The van der Waals surface area contributed by atoms with Crippen molar-refractivity contribution in [3.05, 3.63) is 95.4 Å². The second kappa shape index (κ2) is 10.5. The lowest BCUT2D eigenvalue weighted by atomic mass is 9.91. The van der Waals surface area contributed by atoms with Gasteiger partial charge in [-0.2, -0.15) is 16.4 Å². The number of halogens is 1. The summed E-state index contributed by atoms with van der Waals surface area (Å²) in [5.41, 5.74) is 7.16. The zero-order valence-electron chi connectivity index (χ0n) is 22.5. The predicted octanol–water partition coefficient (Wildman–Crippen LogP) is 8.38.